The van der Waals surface area contributed by atoms with E-state index in [0.29, 0.717) is 11.3 Å². The molecule has 0 spiro atoms. The van der Waals surface area contributed by atoms with E-state index >= 15 is 0 Å². The molecule has 2 aromatic rings. The number of rotatable bonds is 3. The van der Waals surface area contributed by atoms with Gasteiger partial charge in [-0.2, -0.15) is 0 Å². The highest BCUT2D eigenvalue weighted by molar-refractivity contribution is 6.09. The van der Waals surface area contributed by atoms with E-state index in [9.17, 15) is 15.0 Å². The van der Waals surface area contributed by atoms with Crippen LogP contribution in [0.5, 0.6) is 11.5 Å². The molecule has 2 N–H and O–H groups in total. The fraction of sp³-hybridized carbons (Fsp3) is 0.250. The molecule has 1 atom stereocenters. The summed E-state index contributed by atoms with van der Waals surface area (Å²) in [6.45, 7) is 3.58. The quantitative estimate of drug-likeness (QED) is 0.671. The van der Waals surface area contributed by atoms with Crippen molar-refractivity contribution in [2.45, 2.75) is 32.0 Å². The monoisotopic (exact) mass is 324 g/mol. The van der Waals surface area contributed by atoms with Crippen molar-refractivity contribution in [2.75, 3.05) is 0 Å². The zero-order chi connectivity index (χ0) is 17.3. The second-order valence-electron chi connectivity index (χ2n) is 6.47. The molecule has 3 rings (SSSR count). The SMILES string of the molecule is CC1(C)Oc2ccc(C(=O)C=Cc3ccccc3)c(O)c2CC1O. The molecule has 1 aliphatic heterocycles. The smallest absolute Gasteiger partial charge is 0.189 e. The summed E-state index contributed by atoms with van der Waals surface area (Å²) in [5.41, 5.74) is 0.860. The number of allylic oxidation sites excluding steroid dienone is 1. The maximum absolute atomic E-state index is 12.4. The number of phenolic OH excluding ortho intramolecular Hbond substituents is 1. The van der Waals surface area contributed by atoms with Gasteiger partial charge in [0.25, 0.3) is 0 Å². The lowest BCUT2D eigenvalue weighted by Gasteiger charge is -2.37. The molecule has 1 aliphatic rings. The molecule has 0 amide bonds. The Morgan fingerprint density at radius 2 is 1.92 bits per heavy atom. The van der Waals surface area contributed by atoms with E-state index in [4.69, 9.17) is 4.74 Å². The fourth-order valence-corrected chi connectivity index (χ4v) is 2.73. The molecule has 4 heteroatoms. The number of aliphatic hydroxyl groups excluding tert-OH is 1. The van der Waals surface area contributed by atoms with E-state index < -0.39 is 11.7 Å². The van der Waals surface area contributed by atoms with Crippen molar-refractivity contribution in [3.8, 4) is 11.5 Å². The molecule has 2 aromatic carbocycles. The number of carbonyl (C=O) groups is 1. The maximum Gasteiger partial charge on any atom is 0.189 e. The third-order valence-corrected chi connectivity index (χ3v) is 4.30. The Balaban J connectivity index is 1.89. The molecule has 0 fully saturated rings. The van der Waals surface area contributed by atoms with Crippen molar-refractivity contribution in [1.82, 2.24) is 0 Å². The van der Waals surface area contributed by atoms with Gasteiger partial charge in [0.2, 0.25) is 0 Å². The predicted octanol–water partition coefficient (Wildman–Crippen LogP) is 3.36. The van der Waals surface area contributed by atoms with Gasteiger partial charge < -0.3 is 14.9 Å². The lowest BCUT2D eigenvalue weighted by atomic mass is 9.89. The molecule has 24 heavy (non-hydrogen) atoms. The Hall–Kier alpha value is -2.59. The van der Waals surface area contributed by atoms with Crippen LogP contribution in [-0.4, -0.2) is 27.7 Å². The second kappa shape index (κ2) is 6.13. The molecule has 0 aliphatic carbocycles. The molecule has 0 bridgehead atoms. The topological polar surface area (TPSA) is 66.8 Å². The lowest BCUT2D eigenvalue weighted by Crippen LogP contribution is -2.46. The highest BCUT2D eigenvalue weighted by Crippen LogP contribution is 2.40. The van der Waals surface area contributed by atoms with Crippen LogP contribution in [0.1, 0.15) is 35.3 Å². The van der Waals surface area contributed by atoms with Crippen LogP contribution in [0.2, 0.25) is 0 Å². The van der Waals surface area contributed by atoms with Gasteiger partial charge in [0, 0.05) is 12.0 Å². The third-order valence-electron chi connectivity index (χ3n) is 4.30. The molecule has 0 aromatic heterocycles. The van der Waals surface area contributed by atoms with Gasteiger partial charge in [-0.3, -0.25) is 4.79 Å². The second-order valence-corrected chi connectivity index (χ2v) is 6.47. The summed E-state index contributed by atoms with van der Waals surface area (Å²) in [6, 6.07) is 12.7. The van der Waals surface area contributed by atoms with E-state index in [2.05, 4.69) is 0 Å². The normalized spacial score (nSPS) is 18.9. The first-order chi connectivity index (χ1) is 11.4. The largest absolute Gasteiger partial charge is 0.507 e. The van der Waals surface area contributed by atoms with Gasteiger partial charge in [0.1, 0.15) is 17.1 Å². The van der Waals surface area contributed by atoms with Crippen LogP contribution in [0.3, 0.4) is 0 Å². The number of carbonyl (C=O) groups excluding carboxylic acids is 1. The van der Waals surface area contributed by atoms with E-state index in [-0.39, 0.29) is 23.5 Å². The number of hydrogen-bond acceptors (Lipinski definition) is 4. The maximum atomic E-state index is 12.4. The predicted molar refractivity (Wildman–Crippen MR) is 92.3 cm³/mol. The van der Waals surface area contributed by atoms with E-state index in [1.165, 1.54) is 6.08 Å². The van der Waals surface area contributed by atoms with Crippen LogP contribution >= 0.6 is 0 Å². The van der Waals surface area contributed by atoms with Gasteiger partial charge in [0.05, 0.1) is 11.7 Å². The summed E-state index contributed by atoms with van der Waals surface area (Å²) in [5, 5.41) is 20.6. The van der Waals surface area contributed by atoms with Crippen LogP contribution in [0.15, 0.2) is 48.5 Å². The van der Waals surface area contributed by atoms with Gasteiger partial charge in [0.15, 0.2) is 5.78 Å². The summed E-state index contributed by atoms with van der Waals surface area (Å²) in [4.78, 5) is 12.4. The first kappa shape index (κ1) is 16.3. The van der Waals surface area contributed by atoms with Crippen molar-refractivity contribution in [3.63, 3.8) is 0 Å². The van der Waals surface area contributed by atoms with Crippen LogP contribution in [0, 0.1) is 0 Å². The fourth-order valence-electron chi connectivity index (χ4n) is 2.73. The zero-order valence-corrected chi connectivity index (χ0v) is 13.7. The number of ether oxygens (including phenoxy) is 1. The molecule has 1 unspecified atom stereocenters. The van der Waals surface area contributed by atoms with Crippen molar-refractivity contribution >= 4 is 11.9 Å². The van der Waals surface area contributed by atoms with Crippen molar-refractivity contribution < 1.29 is 19.7 Å². The Labute approximate surface area is 141 Å². The molecule has 4 nitrogen and oxygen atoms in total. The number of benzene rings is 2. The van der Waals surface area contributed by atoms with Crippen molar-refractivity contribution in [3.05, 3.63) is 65.2 Å². The lowest BCUT2D eigenvalue weighted by molar-refractivity contribution is -0.0417. The summed E-state index contributed by atoms with van der Waals surface area (Å²) in [7, 11) is 0. The van der Waals surface area contributed by atoms with Gasteiger partial charge in [-0.25, -0.2) is 0 Å². The number of hydrogen-bond donors (Lipinski definition) is 2. The molecule has 1 heterocycles. The number of aromatic hydroxyl groups is 1. The van der Waals surface area contributed by atoms with E-state index in [1.807, 2.05) is 30.3 Å². The zero-order valence-electron chi connectivity index (χ0n) is 13.7. The van der Waals surface area contributed by atoms with E-state index in [0.717, 1.165) is 5.56 Å². The minimum absolute atomic E-state index is 0.121. The summed E-state index contributed by atoms with van der Waals surface area (Å²) >= 11 is 0. The van der Waals surface area contributed by atoms with Crippen LogP contribution in [0.25, 0.3) is 6.08 Å². The van der Waals surface area contributed by atoms with Crippen LogP contribution in [-0.2, 0) is 6.42 Å². The van der Waals surface area contributed by atoms with Gasteiger partial charge in [-0.15, -0.1) is 0 Å². The van der Waals surface area contributed by atoms with Gasteiger partial charge in [-0.1, -0.05) is 36.4 Å². The Kier molecular flexibility index (Phi) is 4.16. The Morgan fingerprint density at radius 3 is 2.62 bits per heavy atom. The number of aliphatic hydroxyl groups is 1. The average Bonchev–Trinajstić information content (AvgIpc) is 2.55. The van der Waals surface area contributed by atoms with Gasteiger partial charge >= 0.3 is 0 Å². The molecule has 0 saturated carbocycles. The number of phenols is 1. The minimum Gasteiger partial charge on any atom is -0.507 e. The highest BCUT2D eigenvalue weighted by atomic mass is 16.5. The highest BCUT2D eigenvalue weighted by Gasteiger charge is 2.37. The van der Waals surface area contributed by atoms with Crippen LogP contribution < -0.4 is 4.74 Å². The van der Waals surface area contributed by atoms with Crippen molar-refractivity contribution in [2.24, 2.45) is 0 Å². The standard InChI is InChI=1S/C20H20O4/c1-20(2)18(22)12-15-17(24-20)11-9-14(19(15)23)16(21)10-8-13-6-4-3-5-7-13/h3-11,18,22-23H,12H2,1-2H3. The summed E-state index contributed by atoms with van der Waals surface area (Å²) in [5.74, 6) is 0.0922. The van der Waals surface area contributed by atoms with Crippen molar-refractivity contribution in [1.29, 1.82) is 0 Å². The average molecular weight is 324 g/mol. The van der Waals surface area contributed by atoms with Gasteiger partial charge in [-0.05, 0) is 37.6 Å². The molecule has 0 radical (unpaired) electrons. The van der Waals surface area contributed by atoms with E-state index in [1.54, 1.807) is 32.1 Å². The summed E-state index contributed by atoms with van der Waals surface area (Å²) in [6.07, 6.45) is 2.63. The Bertz CT molecular complexity index is 791. The first-order valence-corrected chi connectivity index (χ1v) is 7.88. The Morgan fingerprint density at radius 1 is 1.21 bits per heavy atom. The molecular weight excluding hydrogens is 304 g/mol. The molecule has 0 saturated heterocycles. The number of fused-ring (bicyclic) bond motifs is 1. The minimum atomic E-state index is -0.749. The number of ketones is 1. The summed E-state index contributed by atoms with van der Waals surface area (Å²) < 4.78 is 5.74. The molecular formula is C20H20O4. The first-order valence-electron chi connectivity index (χ1n) is 7.88. The molecule has 124 valence electrons. The van der Waals surface area contributed by atoms with Crippen LogP contribution in [0.4, 0.5) is 0 Å². The third kappa shape index (κ3) is 3.05.